The second kappa shape index (κ2) is 3.78. The highest BCUT2D eigenvalue weighted by molar-refractivity contribution is 5.80. The van der Waals surface area contributed by atoms with Crippen LogP contribution < -0.4 is 0 Å². The third-order valence-corrected chi connectivity index (χ3v) is 2.69. The Balaban J connectivity index is 2.22. The minimum Gasteiger partial charge on any atom is -0.506 e. The molecule has 0 aromatic carbocycles. The van der Waals surface area contributed by atoms with Crippen LogP contribution in [0.5, 0.6) is 5.75 Å². The van der Waals surface area contributed by atoms with E-state index < -0.39 is 0 Å². The largest absolute Gasteiger partial charge is 0.506 e. The number of rotatable bonds is 1. The SMILES string of the molecule is O=C1CCC[C@H](c2ncccc2O)C1. The summed E-state index contributed by atoms with van der Waals surface area (Å²) in [7, 11) is 0. The van der Waals surface area contributed by atoms with Crippen molar-refractivity contribution in [1.29, 1.82) is 0 Å². The average Bonchev–Trinajstić information content (AvgIpc) is 2.18. The summed E-state index contributed by atoms with van der Waals surface area (Å²) >= 11 is 0. The minimum atomic E-state index is 0.123. The Kier molecular flexibility index (Phi) is 2.48. The summed E-state index contributed by atoms with van der Waals surface area (Å²) in [6.07, 6.45) is 4.75. The van der Waals surface area contributed by atoms with Gasteiger partial charge in [-0.05, 0) is 25.0 Å². The molecule has 1 heterocycles. The number of aromatic nitrogens is 1. The number of pyridine rings is 1. The van der Waals surface area contributed by atoms with Crippen LogP contribution in [-0.2, 0) is 4.79 Å². The first-order valence-electron chi connectivity index (χ1n) is 4.93. The normalized spacial score (nSPS) is 22.3. The molecule has 1 aliphatic rings. The summed E-state index contributed by atoms with van der Waals surface area (Å²) < 4.78 is 0. The molecule has 3 nitrogen and oxygen atoms in total. The summed E-state index contributed by atoms with van der Waals surface area (Å²) in [4.78, 5) is 15.4. The van der Waals surface area contributed by atoms with Gasteiger partial charge in [0.2, 0.25) is 0 Å². The van der Waals surface area contributed by atoms with Gasteiger partial charge in [0.25, 0.3) is 0 Å². The van der Waals surface area contributed by atoms with Crippen LogP contribution in [0, 0.1) is 0 Å². The van der Waals surface area contributed by atoms with Gasteiger partial charge in [0, 0.05) is 25.0 Å². The van der Waals surface area contributed by atoms with Gasteiger partial charge in [-0.25, -0.2) is 0 Å². The zero-order valence-electron chi connectivity index (χ0n) is 7.94. The van der Waals surface area contributed by atoms with Gasteiger partial charge < -0.3 is 5.11 Å². The maximum atomic E-state index is 11.2. The lowest BCUT2D eigenvalue weighted by molar-refractivity contribution is -0.120. The summed E-state index contributed by atoms with van der Waals surface area (Å²) in [5, 5.41) is 9.58. The number of nitrogens with zero attached hydrogens (tertiary/aromatic N) is 1. The van der Waals surface area contributed by atoms with Crippen molar-refractivity contribution in [2.24, 2.45) is 0 Å². The van der Waals surface area contributed by atoms with Crippen molar-refractivity contribution in [2.45, 2.75) is 31.6 Å². The first-order chi connectivity index (χ1) is 6.77. The number of ketones is 1. The fourth-order valence-electron chi connectivity index (χ4n) is 1.98. The topological polar surface area (TPSA) is 50.2 Å². The lowest BCUT2D eigenvalue weighted by Crippen LogP contribution is -2.14. The molecule has 14 heavy (non-hydrogen) atoms. The van der Waals surface area contributed by atoms with Gasteiger partial charge in [-0.15, -0.1) is 0 Å². The Morgan fingerprint density at radius 3 is 3.07 bits per heavy atom. The van der Waals surface area contributed by atoms with Crippen molar-refractivity contribution in [2.75, 3.05) is 0 Å². The van der Waals surface area contributed by atoms with Crippen LogP contribution in [0.2, 0.25) is 0 Å². The number of carbonyl (C=O) groups excluding carboxylic acids is 1. The van der Waals surface area contributed by atoms with Gasteiger partial charge in [-0.2, -0.15) is 0 Å². The average molecular weight is 191 g/mol. The maximum Gasteiger partial charge on any atom is 0.137 e. The van der Waals surface area contributed by atoms with E-state index in [1.54, 1.807) is 18.3 Å². The molecule has 0 saturated heterocycles. The Morgan fingerprint density at radius 1 is 1.50 bits per heavy atom. The molecule has 1 saturated carbocycles. The molecule has 1 atom stereocenters. The molecule has 0 aliphatic heterocycles. The molecule has 0 unspecified atom stereocenters. The van der Waals surface area contributed by atoms with Crippen LogP contribution in [0.1, 0.15) is 37.3 Å². The van der Waals surface area contributed by atoms with E-state index in [4.69, 9.17) is 0 Å². The van der Waals surface area contributed by atoms with Crippen LogP contribution >= 0.6 is 0 Å². The first-order valence-corrected chi connectivity index (χ1v) is 4.93. The lowest BCUT2D eigenvalue weighted by Gasteiger charge is -2.20. The number of Topliss-reactive ketones (excluding diaryl/α,β-unsaturated/α-hetero) is 1. The van der Waals surface area contributed by atoms with Crippen molar-refractivity contribution in [1.82, 2.24) is 4.98 Å². The van der Waals surface area contributed by atoms with E-state index in [9.17, 15) is 9.90 Å². The van der Waals surface area contributed by atoms with Crippen LogP contribution in [0.4, 0.5) is 0 Å². The van der Waals surface area contributed by atoms with E-state index in [1.807, 2.05) is 0 Å². The number of carbonyl (C=O) groups is 1. The molecule has 1 aromatic heterocycles. The van der Waals surface area contributed by atoms with Crippen molar-refractivity contribution in [3.05, 3.63) is 24.0 Å². The molecule has 1 fully saturated rings. The zero-order valence-corrected chi connectivity index (χ0v) is 7.94. The molecule has 0 bridgehead atoms. The molecular formula is C11H13NO2. The molecule has 74 valence electrons. The second-order valence-corrected chi connectivity index (χ2v) is 3.74. The van der Waals surface area contributed by atoms with Gasteiger partial charge in [-0.1, -0.05) is 0 Å². The van der Waals surface area contributed by atoms with Crippen molar-refractivity contribution >= 4 is 5.78 Å². The van der Waals surface area contributed by atoms with Crippen molar-refractivity contribution < 1.29 is 9.90 Å². The van der Waals surface area contributed by atoms with E-state index in [-0.39, 0.29) is 17.5 Å². The van der Waals surface area contributed by atoms with Gasteiger partial charge in [0.15, 0.2) is 0 Å². The third kappa shape index (κ3) is 1.76. The summed E-state index contributed by atoms with van der Waals surface area (Å²) in [6.45, 7) is 0. The number of hydrogen-bond acceptors (Lipinski definition) is 3. The predicted molar refractivity (Wildman–Crippen MR) is 52.1 cm³/mol. The monoisotopic (exact) mass is 191 g/mol. The van der Waals surface area contributed by atoms with Gasteiger partial charge in [0.1, 0.15) is 11.5 Å². The quantitative estimate of drug-likeness (QED) is 0.738. The first kappa shape index (κ1) is 9.19. The summed E-state index contributed by atoms with van der Waals surface area (Å²) in [6, 6.07) is 3.32. The van der Waals surface area contributed by atoms with Crippen LogP contribution in [0.3, 0.4) is 0 Å². The van der Waals surface area contributed by atoms with E-state index in [2.05, 4.69) is 4.98 Å². The summed E-state index contributed by atoms with van der Waals surface area (Å²) in [5.74, 6) is 0.621. The highest BCUT2D eigenvalue weighted by atomic mass is 16.3. The molecule has 3 heteroatoms. The second-order valence-electron chi connectivity index (χ2n) is 3.74. The Bertz CT molecular complexity index is 349. The maximum absolute atomic E-state index is 11.2. The van der Waals surface area contributed by atoms with E-state index in [0.29, 0.717) is 18.5 Å². The predicted octanol–water partition coefficient (Wildman–Crippen LogP) is 2.01. The molecular weight excluding hydrogens is 178 g/mol. The Labute approximate surface area is 82.8 Å². The summed E-state index contributed by atoms with van der Waals surface area (Å²) in [5.41, 5.74) is 0.681. The molecule has 1 N–H and O–H groups in total. The number of aromatic hydroxyl groups is 1. The highest BCUT2D eigenvalue weighted by Gasteiger charge is 2.23. The molecule has 1 aromatic rings. The van der Waals surface area contributed by atoms with Crippen molar-refractivity contribution in [3.63, 3.8) is 0 Å². The van der Waals surface area contributed by atoms with Crippen LogP contribution in [-0.4, -0.2) is 15.9 Å². The zero-order chi connectivity index (χ0) is 9.97. The minimum absolute atomic E-state index is 0.123. The molecule has 1 aliphatic carbocycles. The van der Waals surface area contributed by atoms with Gasteiger partial charge in [-0.3, -0.25) is 9.78 Å². The molecule has 0 spiro atoms. The molecule has 0 radical (unpaired) electrons. The third-order valence-electron chi connectivity index (χ3n) is 2.69. The number of hydrogen-bond donors (Lipinski definition) is 1. The lowest BCUT2D eigenvalue weighted by atomic mass is 9.85. The van der Waals surface area contributed by atoms with Crippen LogP contribution in [0.15, 0.2) is 18.3 Å². The van der Waals surface area contributed by atoms with Crippen molar-refractivity contribution in [3.8, 4) is 5.75 Å². The van der Waals surface area contributed by atoms with Gasteiger partial charge in [0.05, 0.1) is 5.69 Å². The Morgan fingerprint density at radius 2 is 2.36 bits per heavy atom. The molecule has 2 rings (SSSR count). The fraction of sp³-hybridized carbons (Fsp3) is 0.455. The van der Waals surface area contributed by atoms with E-state index >= 15 is 0 Å². The highest BCUT2D eigenvalue weighted by Crippen LogP contribution is 2.33. The van der Waals surface area contributed by atoms with E-state index in [0.717, 1.165) is 12.8 Å². The van der Waals surface area contributed by atoms with E-state index in [1.165, 1.54) is 0 Å². The van der Waals surface area contributed by atoms with Crippen LogP contribution in [0.25, 0.3) is 0 Å². The fourth-order valence-corrected chi connectivity index (χ4v) is 1.98. The standard InChI is InChI=1S/C11H13NO2/c13-9-4-1-3-8(7-9)11-10(14)5-2-6-12-11/h2,5-6,8,14H,1,3-4,7H2/t8-/m0/s1. The molecule has 0 amide bonds. The Hall–Kier alpha value is -1.38. The smallest absolute Gasteiger partial charge is 0.137 e. The van der Waals surface area contributed by atoms with Gasteiger partial charge >= 0.3 is 0 Å².